The molecule has 0 aliphatic heterocycles. The Morgan fingerprint density at radius 3 is 2.78 bits per heavy atom. The molecule has 0 heterocycles. The number of fused-ring (bicyclic) bond motifs is 5. The third-order valence-electron chi connectivity index (χ3n) is 5.94. The first-order chi connectivity index (χ1) is 8.70. The lowest BCUT2D eigenvalue weighted by Crippen LogP contribution is -2.46. The summed E-state index contributed by atoms with van der Waals surface area (Å²) < 4.78 is 0. The van der Waals surface area contributed by atoms with Gasteiger partial charge in [0.2, 0.25) is 0 Å². The van der Waals surface area contributed by atoms with Crippen molar-refractivity contribution in [3.63, 3.8) is 0 Å². The highest BCUT2D eigenvalue weighted by atomic mass is 35.5. The maximum absolute atomic E-state index is 6.84. The van der Waals surface area contributed by atoms with Crippen molar-refractivity contribution >= 4 is 11.6 Å². The van der Waals surface area contributed by atoms with Crippen LogP contribution in [0.2, 0.25) is 5.02 Å². The van der Waals surface area contributed by atoms with E-state index >= 15 is 0 Å². The van der Waals surface area contributed by atoms with Crippen LogP contribution >= 0.6 is 11.6 Å². The summed E-state index contributed by atoms with van der Waals surface area (Å²) in [6, 6.07) is 8.21. The third-order valence-corrected chi connectivity index (χ3v) is 6.27. The zero-order chi connectivity index (χ0) is 12.3. The molecule has 1 aromatic rings. The van der Waals surface area contributed by atoms with Crippen molar-refractivity contribution in [1.82, 2.24) is 0 Å². The van der Waals surface area contributed by atoms with Crippen molar-refractivity contribution in [3.05, 3.63) is 34.9 Å². The number of halogens is 1. The molecule has 0 amide bonds. The topological polar surface area (TPSA) is 26.0 Å². The van der Waals surface area contributed by atoms with E-state index in [0.29, 0.717) is 5.92 Å². The molecule has 2 bridgehead atoms. The van der Waals surface area contributed by atoms with E-state index in [4.69, 9.17) is 17.3 Å². The average molecular weight is 262 g/mol. The summed E-state index contributed by atoms with van der Waals surface area (Å²) in [6.07, 6.45) is 6.76. The summed E-state index contributed by atoms with van der Waals surface area (Å²) in [5.41, 5.74) is 7.89. The molecule has 96 valence electrons. The van der Waals surface area contributed by atoms with Gasteiger partial charge in [-0.3, -0.25) is 0 Å². The van der Waals surface area contributed by atoms with Gasteiger partial charge >= 0.3 is 0 Å². The molecule has 18 heavy (non-hydrogen) atoms. The summed E-state index contributed by atoms with van der Waals surface area (Å²) in [5, 5.41) is 0.863. The maximum atomic E-state index is 6.84. The van der Waals surface area contributed by atoms with Crippen molar-refractivity contribution in [2.75, 3.05) is 0 Å². The number of hydrogen-bond acceptors (Lipinski definition) is 1. The lowest BCUT2D eigenvalue weighted by molar-refractivity contribution is 0.157. The van der Waals surface area contributed by atoms with Gasteiger partial charge in [0.1, 0.15) is 0 Å². The SMILES string of the molecule is NC1(c2ccccc2Cl)CC2CC1C1CCCC21. The fraction of sp³-hybridized carbons (Fsp3) is 0.625. The Kier molecular flexibility index (Phi) is 2.35. The summed E-state index contributed by atoms with van der Waals surface area (Å²) >= 11 is 6.39. The van der Waals surface area contributed by atoms with Crippen LogP contribution in [0.25, 0.3) is 0 Å². The van der Waals surface area contributed by atoms with Gasteiger partial charge in [-0.1, -0.05) is 36.2 Å². The van der Waals surface area contributed by atoms with Gasteiger partial charge in [0.05, 0.1) is 0 Å². The lowest BCUT2D eigenvalue weighted by atomic mass is 9.68. The minimum atomic E-state index is -0.144. The van der Waals surface area contributed by atoms with Crippen molar-refractivity contribution in [1.29, 1.82) is 0 Å². The highest BCUT2D eigenvalue weighted by Crippen LogP contribution is 2.64. The predicted molar refractivity (Wildman–Crippen MR) is 74.4 cm³/mol. The van der Waals surface area contributed by atoms with Crippen LogP contribution in [-0.4, -0.2) is 0 Å². The smallest absolute Gasteiger partial charge is 0.0458 e. The standard InChI is InChI=1S/C16H20ClN/c17-15-7-2-1-6-13(15)16(18)9-10-8-14(16)12-5-3-4-11(10)12/h1-2,6-7,10-12,14H,3-5,8-9,18H2. The number of hydrogen-bond donors (Lipinski definition) is 1. The third kappa shape index (κ3) is 1.32. The Labute approximate surface area is 114 Å². The molecule has 0 spiro atoms. The molecule has 0 radical (unpaired) electrons. The second-order valence-corrected chi connectivity index (χ2v) is 6.99. The molecule has 3 fully saturated rings. The zero-order valence-electron chi connectivity index (χ0n) is 10.6. The fourth-order valence-electron chi connectivity index (χ4n) is 5.34. The molecular formula is C16H20ClN. The molecule has 5 atom stereocenters. The van der Waals surface area contributed by atoms with E-state index in [-0.39, 0.29) is 5.54 Å². The number of rotatable bonds is 1. The Balaban J connectivity index is 1.76. The molecule has 1 nitrogen and oxygen atoms in total. The van der Waals surface area contributed by atoms with Crippen LogP contribution in [0, 0.1) is 23.7 Å². The molecule has 0 aromatic heterocycles. The molecule has 5 unspecified atom stereocenters. The first kappa shape index (κ1) is 11.3. The van der Waals surface area contributed by atoms with Crippen LogP contribution in [0.1, 0.15) is 37.7 Å². The van der Waals surface area contributed by atoms with Gasteiger partial charge in [-0.15, -0.1) is 0 Å². The summed E-state index contributed by atoms with van der Waals surface area (Å²) in [6.45, 7) is 0. The quantitative estimate of drug-likeness (QED) is 0.814. The minimum absolute atomic E-state index is 0.144. The van der Waals surface area contributed by atoms with E-state index in [2.05, 4.69) is 12.1 Å². The molecule has 2 heteroatoms. The van der Waals surface area contributed by atoms with Crippen LogP contribution in [0.3, 0.4) is 0 Å². The van der Waals surface area contributed by atoms with Crippen LogP contribution in [0.5, 0.6) is 0 Å². The predicted octanol–water partition coefficient (Wildman–Crippen LogP) is 3.95. The zero-order valence-corrected chi connectivity index (χ0v) is 11.4. The van der Waals surface area contributed by atoms with Gasteiger partial charge in [-0.25, -0.2) is 0 Å². The van der Waals surface area contributed by atoms with Crippen molar-refractivity contribution < 1.29 is 0 Å². The van der Waals surface area contributed by atoms with E-state index in [1.165, 1.54) is 31.2 Å². The molecule has 3 aliphatic carbocycles. The largest absolute Gasteiger partial charge is 0.321 e. The van der Waals surface area contributed by atoms with Crippen molar-refractivity contribution in [2.45, 2.75) is 37.6 Å². The van der Waals surface area contributed by atoms with Crippen molar-refractivity contribution in [2.24, 2.45) is 29.4 Å². The van der Waals surface area contributed by atoms with E-state index in [1.54, 1.807) is 0 Å². The summed E-state index contributed by atoms with van der Waals surface area (Å²) in [4.78, 5) is 0. The summed E-state index contributed by atoms with van der Waals surface area (Å²) in [7, 11) is 0. The van der Waals surface area contributed by atoms with Gasteiger partial charge in [0, 0.05) is 10.6 Å². The van der Waals surface area contributed by atoms with Gasteiger partial charge in [-0.2, -0.15) is 0 Å². The normalized spacial score (nSPS) is 45.4. The Hall–Kier alpha value is -0.530. The minimum Gasteiger partial charge on any atom is -0.321 e. The lowest BCUT2D eigenvalue weighted by Gasteiger charge is -2.41. The van der Waals surface area contributed by atoms with E-state index < -0.39 is 0 Å². The molecule has 1 aromatic carbocycles. The van der Waals surface area contributed by atoms with E-state index in [0.717, 1.165) is 29.2 Å². The Morgan fingerprint density at radius 2 is 1.94 bits per heavy atom. The average Bonchev–Trinajstić information content (AvgIpc) is 2.99. The monoisotopic (exact) mass is 261 g/mol. The summed E-state index contributed by atoms with van der Waals surface area (Å²) in [5.74, 6) is 3.40. The van der Waals surface area contributed by atoms with Crippen molar-refractivity contribution in [3.8, 4) is 0 Å². The Bertz CT molecular complexity index is 486. The maximum Gasteiger partial charge on any atom is 0.0458 e. The Morgan fingerprint density at radius 1 is 1.17 bits per heavy atom. The molecule has 3 aliphatic rings. The number of nitrogens with two attached hydrogens (primary N) is 1. The molecule has 4 rings (SSSR count). The highest BCUT2D eigenvalue weighted by molar-refractivity contribution is 6.31. The molecular weight excluding hydrogens is 242 g/mol. The van der Waals surface area contributed by atoms with E-state index in [9.17, 15) is 0 Å². The van der Waals surface area contributed by atoms with Gasteiger partial charge < -0.3 is 5.73 Å². The first-order valence-corrected chi connectivity index (χ1v) is 7.62. The fourth-order valence-corrected chi connectivity index (χ4v) is 5.65. The van der Waals surface area contributed by atoms with Gasteiger partial charge in [-0.05, 0) is 61.0 Å². The van der Waals surface area contributed by atoms with Crippen LogP contribution in [-0.2, 0) is 5.54 Å². The molecule has 2 N–H and O–H groups in total. The van der Waals surface area contributed by atoms with Crippen LogP contribution in [0.4, 0.5) is 0 Å². The highest BCUT2D eigenvalue weighted by Gasteiger charge is 2.60. The molecule has 0 saturated heterocycles. The van der Waals surface area contributed by atoms with E-state index in [1.807, 2.05) is 12.1 Å². The van der Waals surface area contributed by atoms with Crippen LogP contribution < -0.4 is 5.73 Å². The van der Waals surface area contributed by atoms with Gasteiger partial charge in [0.15, 0.2) is 0 Å². The number of benzene rings is 1. The first-order valence-electron chi connectivity index (χ1n) is 7.24. The second-order valence-electron chi connectivity index (χ2n) is 6.59. The second kappa shape index (κ2) is 3.74. The van der Waals surface area contributed by atoms with Crippen LogP contribution in [0.15, 0.2) is 24.3 Å². The van der Waals surface area contributed by atoms with Gasteiger partial charge in [0.25, 0.3) is 0 Å². The molecule has 3 saturated carbocycles.